The number of aliphatic hydroxyl groups excluding tert-OH is 1. The van der Waals surface area contributed by atoms with Gasteiger partial charge in [0.1, 0.15) is 0 Å². The summed E-state index contributed by atoms with van der Waals surface area (Å²) in [5.41, 5.74) is 3.14. The number of benzene rings is 1. The van der Waals surface area contributed by atoms with Crippen molar-refractivity contribution in [2.75, 3.05) is 13.2 Å². The summed E-state index contributed by atoms with van der Waals surface area (Å²) in [5, 5.41) is 12.8. The number of hydrogen-bond donors (Lipinski definition) is 2. The van der Waals surface area contributed by atoms with Crippen LogP contribution in [0.15, 0.2) is 24.3 Å². The molecule has 1 aliphatic rings. The van der Waals surface area contributed by atoms with Crippen LogP contribution in [0.4, 0.5) is 0 Å². The van der Waals surface area contributed by atoms with E-state index in [1.54, 1.807) is 0 Å². The van der Waals surface area contributed by atoms with Crippen molar-refractivity contribution < 1.29 is 5.11 Å². The van der Waals surface area contributed by atoms with Gasteiger partial charge in [-0.15, -0.1) is 0 Å². The Balaban J connectivity index is 2.05. The standard InChI is InChI=1S/C17H27NO/c1-13-8-9-16(15-7-5-4-6-14(13)15)18-12-17(2,3)10-11-19/h4-7,13,16,18-19H,8-12H2,1-3H3. The lowest BCUT2D eigenvalue weighted by molar-refractivity contribution is 0.200. The Bertz CT molecular complexity index is 413. The average Bonchev–Trinajstić information content (AvgIpc) is 2.38. The first-order valence-electron chi connectivity index (χ1n) is 7.46. The van der Waals surface area contributed by atoms with Gasteiger partial charge in [0.2, 0.25) is 0 Å². The van der Waals surface area contributed by atoms with E-state index in [9.17, 15) is 0 Å². The van der Waals surface area contributed by atoms with E-state index in [1.807, 2.05) is 0 Å². The van der Waals surface area contributed by atoms with Crippen LogP contribution in [0.3, 0.4) is 0 Å². The molecular formula is C17H27NO. The van der Waals surface area contributed by atoms with Crippen molar-refractivity contribution in [2.24, 2.45) is 5.41 Å². The van der Waals surface area contributed by atoms with E-state index in [-0.39, 0.29) is 12.0 Å². The van der Waals surface area contributed by atoms with E-state index < -0.39 is 0 Å². The predicted molar refractivity (Wildman–Crippen MR) is 80.3 cm³/mol. The molecule has 0 fully saturated rings. The molecule has 2 rings (SSSR count). The monoisotopic (exact) mass is 261 g/mol. The van der Waals surface area contributed by atoms with Crippen LogP contribution < -0.4 is 5.32 Å². The third-order valence-electron chi connectivity index (χ3n) is 4.41. The second-order valence-corrected chi connectivity index (χ2v) is 6.68. The maximum Gasteiger partial charge on any atom is 0.0436 e. The third-order valence-corrected chi connectivity index (χ3v) is 4.41. The molecule has 19 heavy (non-hydrogen) atoms. The molecule has 0 saturated carbocycles. The summed E-state index contributed by atoms with van der Waals surface area (Å²) < 4.78 is 0. The highest BCUT2D eigenvalue weighted by Gasteiger charge is 2.26. The quantitative estimate of drug-likeness (QED) is 0.848. The number of aliphatic hydroxyl groups is 1. The molecule has 2 nitrogen and oxygen atoms in total. The van der Waals surface area contributed by atoms with Gasteiger partial charge < -0.3 is 10.4 Å². The van der Waals surface area contributed by atoms with Crippen LogP contribution in [0.1, 0.15) is 63.1 Å². The van der Waals surface area contributed by atoms with Crippen molar-refractivity contribution in [3.63, 3.8) is 0 Å². The third kappa shape index (κ3) is 3.58. The number of rotatable bonds is 5. The fourth-order valence-corrected chi connectivity index (χ4v) is 3.01. The highest BCUT2D eigenvalue weighted by atomic mass is 16.3. The largest absolute Gasteiger partial charge is 0.396 e. The van der Waals surface area contributed by atoms with Crippen LogP contribution >= 0.6 is 0 Å². The molecule has 0 amide bonds. The number of nitrogens with one attached hydrogen (secondary N) is 1. The summed E-state index contributed by atoms with van der Waals surface area (Å²) in [5.74, 6) is 0.680. The molecule has 0 heterocycles. The summed E-state index contributed by atoms with van der Waals surface area (Å²) in [6, 6.07) is 9.30. The lowest BCUT2D eigenvalue weighted by Crippen LogP contribution is -2.34. The summed E-state index contributed by atoms with van der Waals surface area (Å²) >= 11 is 0. The zero-order valence-electron chi connectivity index (χ0n) is 12.4. The minimum absolute atomic E-state index is 0.159. The van der Waals surface area contributed by atoms with E-state index in [1.165, 1.54) is 24.0 Å². The Kier molecular flexibility index (Phi) is 4.64. The molecule has 0 bridgehead atoms. The molecular weight excluding hydrogens is 234 g/mol. The van der Waals surface area contributed by atoms with Gasteiger partial charge >= 0.3 is 0 Å². The first-order valence-corrected chi connectivity index (χ1v) is 7.46. The molecule has 2 heteroatoms. The molecule has 106 valence electrons. The SMILES string of the molecule is CC1CCC(NCC(C)(C)CCO)c2ccccc21. The molecule has 1 aromatic carbocycles. The molecule has 0 aromatic heterocycles. The van der Waals surface area contributed by atoms with Crippen molar-refractivity contribution in [1.29, 1.82) is 0 Å². The molecule has 0 aliphatic heterocycles. The van der Waals surface area contributed by atoms with Crippen molar-refractivity contribution >= 4 is 0 Å². The zero-order chi connectivity index (χ0) is 13.9. The fraction of sp³-hybridized carbons (Fsp3) is 0.647. The van der Waals surface area contributed by atoms with E-state index >= 15 is 0 Å². The predicted octanol–water partition coefficient (Wildman–Crippen LogP) is 3.62. The summed E-state index contributed by atoms with van der Waals surface area (Å²) in [7, 11) is 0. The molecule has 2 N–H and O–H groups in total. The normalized spacial score (nSPS) is 23.2. The van der Waals surface area contributed by atoms with Gasteiger partial charge in [0.25, 0.3) is 0 Å². The Morgan fingerprint density at radius 3 is 2.58 bits per heavy atom. The summed E-state index contributed by atoms with van der Waals surface area (Å²) in [6.07, 6.45) is 3.33. The van der Waals surface area contributed by atoms with E-state index in [0.717, 1.165) is 13.0 Å². The molecule has 0 radical (unpaired) electrons. The molecule has 1 aliphatic carbocycles. The van der Waals surface area contributed by atoms with Crippen LogP contribution in [0.25, 0.3) is 0 Å². The van der Waals surface area contributed by atoms with E-state index in [4.69, 9.17) is 5.11 Å². The van der Waals surface area contributed by atoms with Crippen LogP contribution in [-0.4, -0.2) is 18.3 Å². The van der Waals surface area contributed by atoms with Crippen LogP contribution in [-0.2, 0) is 0 Å². The fourth-order valence-electron chi connectivity index (χ4n) is 3.01. The Hall–Kier alpha value is -0.860. The smallest absolute Gasteiger partial charge is 0.0436 e. The first kappa shape index (κ1) is 14.5. The Morgan fingerprint density at radius 1 is 1.21 bits per heavy atom. The van der Waals surface area contributed by atoms with E-state index in [2.05, 4.69) is 50.4 Å². The molecule has 0 spiro atoms. The number of fused-ring (bicyclic) bond motifs is 1. The molecule has 2 unspecified atom stereocenters. The van der Waals surface area contributed by atoms with Gasteiger partial charge in [-0.05, 0) is 41.7 Å². The summed E-state index contributed by atoms with van der Waals surface area (Å²) in [6.45, 7) is 7.99. The van der Waals surface area contributed by atoms with Crippen molar-refractivity contribution in [1.82, 2.24) is 5.32 Å². The van der Waals surface area contributed by atoms with Gasteiger partial charge in [-0.25, -0.2) is 0 Å². The highest BCUT2D eigenvalue weighted by Crippen LogP contribution is 2.37. The van der Waals surface area contributed by atoms with Crippen molar-refractivity contribution in [2.45, 2.75) is 52.0 Å². The van der Waals surface area contributed by atoms with Gasteiger partial charge in [0.15, 0.2) is 0 Å². The minimum atomic E-state index is 0.159. The van der Waals surface area contributed by atoms with E-state index in [0.29, 0.717) is 12.0 Å². The first-order chi connectivity index (χ1) is 9.03. The van der Waals surface area contributed by atoms with Gasteiger partial charge in [-0.3, -0.25) is 0 Å². The van der Waals surface area contributed by atoms with Gasteiger partial charge in [0, 0.05) is 19.2 Å². The summed E-state index contributed by atoms with van der Waals surface area (Å²) in [4.78, 5) is 0. The lowest BCUT2D eigenvalue weighted by atomic mass is 9.80. The van der Waals surface area contributed by atoms with Crippen molar-refractivity contribution in [3.05, 3.63) is 35.4 Å². The van der Waals surface area contributed by atoms with Gasteiger partial charge in [-0.2, -0.15) is 0 Å². The highest BCUT2D eigenvalue weighted by molar-refractivity contribution is 5.34. The van der Waals surface area contributed by atoms with Crippen LogP contribution in [0.5, 0.6) is 0 Å². The Labute approximate surface area is 117 Å². The second kappa shape index (κ2) is 6.06. The average molecular weight is 261 g/mol. The lowest BCUT2D eigenvalue weighted by Gasteiger charge is -2.33. The van der Waals surface area contributed by atoms with Gasteiger partial charge in [-0.1, -0.05) is 45.0 Å². The molecule has 1 aromatic rings. The number of hydrogen-bond acceptors (Lipinski definition) is 2. The van der Waals surface area contributed by atoms with Crippen molar-refractivity contribution in [3.8, 4) is 0 Å². The Morgan fingerprint density at radius 2 is 1.89 bits per heavy atom. The van der Waals surface area contributed by atoms with Crippen LogP contribution in [0.2, 0.25) is 0 Å². The van der Waals surface area contributed by atoms with Gasteiger partial charge in [0.05, 0.1) is 0 Å². The molecule has 0 saturated heterocycles. The minimum Gasteiger partial charge on any atom is -0.396 e. The zero-order valence-corrected chi connectivity index (χ0v) is 12.4. The topological polar surface area (TPSA) is 32.3 Å². The van der Waals surface area contributed by atoms with Crippen LogP contribution in [0, 0.1) is 5.41 Å². The maximum atomic E-state index is 9.10. The second-order valence-electron chi connectivity index (χ2n) is 6.68. The maximum absolute atomic E-state index is 9.10. The molecule has 2 atom stereocenters.